The van der Waals surface area contributed by atoms with Gasteiger partial charge in [0, 0.05) is 17.5 Å². The number of ether oxygens (including phenoxy) is 3. The quantitative estimate of drug-likeness (QED) is 0.721. The van der Waals surface area contributed by atoms with Gasteiger partial charge >= 0.3 is 0 Å². The van der Waals surface area contributed by atoms with Crippen LogP contribution in [0, 0.1) is 0 Å². The molecule has 0 N–H and O–H groups in total. The van der Waals surface area contributed by atoms with Crippen LogP contribution >= 0.6 is 11.8 Å². The number of hydrogen-bond donors (Lipinski definition) is 0. The highest BCUT2D eigenvalue weighted by Gasteiger charge is 2.20. The maximum absolute atomic E-state index is 12.6. The van der Waals surface area contributed by atoms with Crippen LogP contribution in [-0.2, 0) is 4.79 Å². The molecule has 0 fully saturated rings. The van der Waals surface area contributed by atoms with Gasteiger partial charge in [0.25, 0.3) is 0 Å². The van der Waals surface area contributed by atoms with Gasteiger partial charge < -0.3 is 19.1 Å². The number of carbonyl (C=O) groups excluding carboxylic acids is 1. The van der Waals surface area contributed by atoms with Gasteiger partial charge in [0.15, 0.2) is 11.5 Å². The summed E-state index contributed by atoms with van der Waals surface area (Å²) < 4.78 is 16.5. The lowest BCUT2D eigenvalue weighted by Gasteiger charge is -2.26. The van der Waals surface area contributed by atoms with Crippen LogP contribution in [0.2, 0.25) is 0 Å². The van der Waals surface area contributed by atoms with Crippen molar-refractivity contribution >= 4 is 17.7 Å². The molecule has 0 aliphatic carbocycles. The van der Waals surface area contributed by atoms with Crippen LogP contribution in [0.25, 0.3) is 0 Å². The Labute approximate surface area is 158 Å². The fourth-order valence-electron chi connectivity index (χ4n) is 2.80. The average molecular weight is 373 g/mol. The first-order chi connectivity index (χ1) is 12.6. The normalized spacial score (nSPS) is 13.8. The Bertz CT molecular complexity index is 780. The number of nitrogens with zero attached hydrogens (tertiary/aromatic N) is 1. The fraction of sp³-hybridized carbons (Fsp3) is 0.350. The molecule has 0 saturated carbocycles. The number of amides is 1. The molecule has 3 rings (SSSR count). The third-order valence-corrected chi connectivity index (χ3v) is 5.42. The monoisotopic (exact) mass is 373 g/mol. The molecular formula is C20H23NO4S. The topological polar surface area (TPSA) is 48.0 Å². The predicted molar refractivity (Wildman–Crippen MR) is 102 cm³/mol. The number of benzene rings is 2. The molecule has 0 saturated heterocycles. The summed E-state index contributed by atoms with van der Waals surface area (Å²) in [7, 11) is 3.47. The second-order valence-corrected chi connectivity index (χ2v) is 7.07. The Morgan fingerprint density at radius 2 is 1.92 bits per heavy atom. The zero-order chi connectivity index (χ0) is 18.5. The van der Waals surface area contributed by atoms with E-state index in [0.29, 0.717) is 19.0 Å². The van der Waals surface area contributed by atoms with Crippen LogP contribution < -0.4 is 14.2 Å². The lowest BCUT2D eigenvalue weighted by atomic mass is 10.1. The molecule has 0 spiro atoms. The number of hydrogen-bond acceptors (Lipinski definition) is 5. The average Bonchev–Trinajstić information content (AvgIpc) is 2.70. The first-order valence-electron chi connectivity index (χ1n) is 8.51. The summed E-state index contributed by atoms with van der Waals surface area (Å²) in [5, 5.41) is 0. The van der Waals surface area contributed by atoms with Crippen LogP contribution in [0.15, 0.2) is 47.4 Å². The van der Waals surface area contributed by atoms with Crippen molar-refractivity contribution in [3.05, 3.63) is 48.0 Å². The largest absolute Gasteiger partial charge is 0.496 e. The van der Waals surface area contributed by atoms with E-state index in [1.807, 2.05) is 56.4 Å². The van der Waals surface area contributed by atoms with Gasteiger partial charge in [0.1, 0.15) is 19.0 Å². The van der Waals surface area contributed by atoms with Crippen LogP contribution in [0.4, 0.5) is 0 Å². The van der Waals surface area contributed by atoms with E-state index in [2.05, 4.69) is 0 Å². The van der Waals surface area contributed by atoms with Crippen LogP contribution in [0.1, 0.15) is 18.5 Å². The summed E-state index contributed by atoms with van der Waals surface area (Å²) in [6.45, 7) is 3.13. The van der Waals surface area contributed by atoms with Gasteiger partial charge in [-0.05, 0) is 31.2 Å². The van der Waals surface area contributed by atoms with Crippen molar-refractivity contribution in [2.24, 2.45) is 0 Å². The van der Waals surface area contributed by atoms with Gasteiger partial charge in [0.05, 0.1) is 18.9 Å². The van der Waals surface area contributed by atoms with Gasteiger partial charge in [-0.1, -0.05) is 18.2 Å². The SMILES string of the molecule is COc1ccccc1C(C)N(C)C(=O)CSc1ccc2c(c1)OCCO2. The van der Waals surface area contributed by atoms with Crippen molar-refractivity contribution in [2.75, 3.05) is 33.1 Å². The predicted octanol–water partition coefficient (Wildman–Crippen LogP) is 3.78. The highest BCUT2D eigenvalue weighted by atomic mass is 32.2. The molecule has 1 aliphatic heterocycles. The molecule has 2 aromatic carbocycles. The third kappa shape index (κ3) is 4.07. The van der Waals surface area contributed by atoms with Crippen LogP contribution in [0.3, 0.4) is 0 Å². The van der Waals surface area contributed by atoms with E-state index < -0.39 is 0 Å². The second kappa shape index (κ2) is 8.36. The highest BCUT2D eigenvalue weighted by molar-refractivity contribution is 8.00. The maximum atomic E-state index is 12.6. The Morgan fingerprint density at radius 3 is 2.69 bits per heavy atom. The van der Waals surface area contributed by atoms with Gasteiger partial charge in [-0.2, -0.15) is 0 Å². The molecular weight excluding hydrogens is 350 g/mol. The van der Waals surface area contributed by atoms with Crippen molar-refractivity contribution in [2.45, 2.75) is 17.9 Å². The molecule has 2 aromatic rings. The van der Waals surface area contributed by atoms with Crippen molar-refractivity contribution in [3.8, 4) is 17.2 Å². The lowest BCUT2D eigenvalue weighted by Crippen LogP contribution is -2.31. The van der Waals surface area contributed by atoms with Crippen molar-refractivity contribution in [3.63, 3.8) is 0 Å². The van der Waals surface area contributed by atoms with E-state index in [0.717, 1.165) is 27.7 Å². The number of methoxy groups -OCH3 is 1. The smallest absolute Gasteiger partial charge is 0.233 e. The Balaban J connectivity index is 1.62. The lowest BCUT2D eigenvalue weighted by molar-refractivity contribution is -0.128. The minimum atomic E-state index is -0.0699. The Hall–Kier alpha value is -2.34. The first-order valence-corrected chi connectivity index (χ1v) is 9.49. The summed E-state index contributed by atoms with van der Waals surface area (Å²) in [5.41, 5.74) is 0.996. The molecule has 1 heterocycles. The van der Waals surface area contributed by atoms with Gasteiger partial charge in [0.2, 0.25) is 5.91 Å². The summed E-state index contributed by atoms with van der Waals surface area (Å²) >= 11 is 1.49. The van der Waals surface area contributed by atoms with E-state index >= 15 is 0 Å². The van der Waals surface area contributed by atoms with Crippen LogP contribution in [0.5, 0.6) is 17.2 Å². The van der Waals surface area contributed by atoms with Gasteiger partial charge in [-0.3, -0.25) is 4.79 Å². The molecule has 0 radical (unpaired) electrons. The maximum Gasteiger partial charge on any atom is 0.233 e. The zero-order valence-corrected chi connectivity index (χ0v) is 16.0. The van der Waals surface area contributed by atoms with E-state index in [1.165, 1.54) is 11.8 Å². The van der Waals surface area contributed by atoms with Crippen molar-refractivity contribution in [1.29, 1.82) is 0 Å². The minimum Gasteiger partial charge on any atom is -0.496 e. The van der Waals surface area contributed by atoms with E-state index in [-0.39, 0.29) is 11.9 Å². The highest BCUT2D eigenvalue weighted by Crippen LogP contribution is 2.34. The first kappa shape index (κ1) is 18.5. The molecule has 1 unspecified atom stereocenters. The molecule has 1 aliphatic rings. The molecule has 0 bridgehead atoms. The van der Waals surface area contributed by atoms with Gasteiger partial charge in [-0.15, -0.1) is 11.8 Å². The fourth-order valence-corrected chi connectivity index (χ4v) is 3.64. The molecule has 1 atom stereocenters. The van der Waals surface area contributed by atoms with E-state index in [9.17, 15) is 4.79 Å². The van der Waals surface area contributed by atoms with Crippen LogP contribution in [-0.4, -0.2) is 43.9 Å². The molecule has 0 aromatic heterocycles. The van der Waals surface area contributed by atoms with Crippen molar-refractivity contribution < 1.29 is 19.0 Å². The molecule has 138 valence electrons. The van der Waals surface area contributed by atoms with Gasteiger partial charge in [-0.25, -0.2) is 0 Å². The van der Waals surface area contributed by atoms with Crippen molar-refractivity contribution in [1.82, 2.24) is 4.90 Å². The summed E-state index contributed by atoms with van der Waals surface area (Å²) in [6, 6.07) is 13.5. The molecule has 6 heteroatoms. The number of thioether (sulfide) groups is 1. The minimum absolute atomic E-state index is 0.0586. The molecule has 5 nitrogen and oxygen atoms in total. The molecule has 26 heavy (non-hydrogen) atoms. The summed E-state index contributed by atoms with van der Waals surface area (Å²) in [6.07, 6.45) is 0. The third-order valence-electron chi connectivity index (χ3n) is 4.44. The second-order valence-electron chi connectivity index (χ2n) is 6.02. The zero-order valence-electron chi connectivity index (χ0n) is 15.2. The number of carbonyl (C=O) groups is 1. The molecule has 1 amide bonds. The van der Waals surface area contributed by atoms with E-state index in [4.69, 9.17) is 14.2 Å². The number of rotatable bonds is 6. The summed E-state index contributed by atoms with van der Waals surface area (Å²) in [5.74, 6) is 2.70. The Morgan fingerprint density at radius 1 is 1.19 bits per heavy atom. The number of para-hydroxylation sites is 1. The Kier molecular flexibility index (Phi) is 5.93. The summed E-state index contributed by atoms with van der Waals surface area (Å²) in [4.78, 5) is 15.4. The standard InChI is InChI=1S/C20H23NO4S/c1-14(16-6-4-5-7-17(16)23-3)21(2)20(22)13-26-15-8-9-18-19(12-15)25-11-10-24-18/h4-9,12,14H,10-11,13H2,1-3H3. The number of fused-ring (bicyclic) bond motifs is 1. The van der Waals surface area contributed by atoms with E-state index in [1.54, 1.807) is 12.0 Å².